The molecule has 1 amide bonds. The summed E-state index contributed by atoms with van der Waals surface area (Å²) in [5, 5.41) is 3.25. The van der Waals surface area contributed by atoms with Crippen LogP contribution in [0.1, 0.15) is 25.8 Å². The van der Waals surface area contributed by atoms with Crippen LogP contribution in [-0.4, -0.2) is 23.6 Å². The fraction of sp³-hybridized carbons (Fsp3) is 0.385. The van der Waals surface area contributed by atoms with E-state index in [0.29, 0.717) is 22.7 Å². The van der Waals surface area contributed by atoms with E-state index < -0.39 is 5.60 Å². The van der Waals surface area contributed by atoms with Crippen LogP contribution in [0.15, 0.2) is 18.2 Å². The highest BCUT2D eigenvalue weighted by Gasteiger charge is 2.31. The zero-order valence-corrected chi connectivity index (χ0v) is 12.7. The van der Waals surface area contributed by atoms with Gasteiger partial charge in [0.1, 0.15) is 10.6 Å². The second-order valence-corrected chi connectivity index (χ2v) is 5.17. The normalized spacial score (nSPS) is 13.7. The molecule has 0 saturated heterocycles. The van der Waals surface area contributed by atoms with Gasteiger partial charge in [-0.05, 0) is 31.5 Å². The Morgan fingerprint density at radius 1 is 1.58 bits per heavy atom. The third kappa shape index (κ3) is 3.65. The number of thiocarbonyl (C=S) groups is 1. The van der Waals surface area contributed by atoms with Gasteiger partial charge in [0.05, 0.1) is 5.69 Å². The molecule has 1 aromatic carbocycles. The summed E-state index contributed by atoms with van der Waals surface area (Å²) in [4.78, 5) is 12.4. The summed E-state index contributed by atoms with van der Waals surface area (Å²) in [5.41, 5.74) is 5.77. The van der Waals surface area contributed by atoms with E-state index in [1.54, 1.807) is 25.1 Å². The second kappa shape index (κ2) is 6.32. The highest BCUT2D eigenvalue weighted by molar-refractivity contribution is 7.80. The molecule has 0 aliphatic carbocycles. The van der Waals surface area contributed by atoms with Crippen molar-refractivity contribution in [1.82, 2.24) is 0 Å². The molecule has 1 unspecified atom stereocenters. The molecule has 0 aliphatic heterocycles. The van der Waals surface area contributed by atoms with Gasteiger partial charge >= 0.3 is 0 Å². The van der Waals surface area contributed by atoms with Crippen LogP contribution in [0.5, 0.6) is 0 Å². The van der Waals surface area contributed by atoms with E-state index in [1.165, 1.54) is 7.11 Å². The Hall–Kier alpha value is -1.17. The number of hydrogen-bond acceptors (Lipinski definition) is 3. The molecule has 4 nitrogen and oxygen atoms in total. The number of benzene rings is 1. The van der Waals surface area contributed by atoms with E-state index in [0.717, 1.165) is 0 Å². The maximum atomic E-state index is 12.2. The monoisotopic (exact) mass is 300 g/mol. The number of hydrogen-bond donors (Lipinski definition) is 2. The Bertz CT molecular complexity index is 501. The molecule has 0 saturated carbocycles. The van der Waals surface area contributed by atoms with Crippen LogP contribution in [0.4, 0.5) is 5.69 Å². The summed E-state index contributed by atoms with van der Waals surface area (Å²) in [6, 6.07) is 4.96. The fourth-order valence-corrected chi connectivity index (χ4v) is 1.84. The first-order chi connectivity index (χ1) is 8.84. The quantitative estimate of drug-likeness (QED) is 0.821. The smallest absolute Gasteiger partial charge is 0.256 e. The lowest BCUT2D eigenvalue weighted by Gasteiger charge is -2.25. The zero-order valence-electron chi connectivity index (χ0n) is 11.1. The Labute approximate surface area is 123 Å². The van der Waals surface area contributed by atoms with Crippen molar-refractivity contribution in [3.05, 3.63) is 28.8 Å². The molecule has 0 aromatic heterocycles. The molecule has 0 heterocycles. The fourth-order valence-electron chi connectivity index (χ4n) is 1.49. The summed E-state index contributed by atoms with van der Waals surface area (Å²) in [6.07, 6.45) is 0.540. The van der Waals surface area contributed by atoms with Crippen molar-refractivity contribution in [3.63, 3.8) is 0 Å². The summed E-state index contributed by atoms with van der Waals surface area (Å²) in [6.45, 7) is 3.59. The topological polar surface area (TPSA) is 64.3 Å². The average Bonchev–Trinajstić information content (AvgIpc) is 2.37. The van der Waals surface area contributed by atoms with E-state index in [1.807, 2.05) is 6.92 Å². The van der Waals surface area contributed by atoms with Crippen LogP contribution in [0.2, 0.25) is 5.02 Å². The van der Waals surface area contributed by atoms with Gasteiger partial charge in [0, 0.05) is 17.7 Å². The van der Waals surface area contributed by atoms with Gasteiger partial charge in [-0.2, -0.15) is 0 Å². The Kier molecular flexibility index (Phi) is 5.29. The average molecular weight is 301 g/mol. The van der Waals surface area contributed by atoms with Crippen LogP contribution in [0.3, 0.4) is 0 Å². The van der Waals surface area contributed by atoms with Gasteiger partial charge in [-0.25, -0.2) is 0 Å². The molecular weight excluding hydrogens is 284 g/mol. The lowest BCUT2D eigenvalue weighted by Crippen LogP contribution is -2.41. The van der Waals surface area contributed by atoms with E-state index in [-0.39, 0.29) is 10.9 Å². The minimum Gasteiger partial charge on any atom is -0.389 e. The lowest BCUT2D eigenvalue weighted by atomic mass is 10.0. The third-order valence-corrected chi connectivity index (χ3v) is 3.56. The third-order valence-electron chi connectivity index (χ3n) is 3.10. The first-order valence-corrected chi connectivity index (χ1v) is 6.58. The number of methoxy groups -OCH3 is 1. The van der Waals surface area contributed by atoms with Crippen molar-refractivity contribution in [2.24, 2.45) is 5.73 Å². The molecule has 104 valence electrons. The molecule has 0 aliphatic rings. The van der Waals surface area contributed by atoms with Crippen molar-refractivity contribution < 1.29 is 9.53 Å². The van der Waals surface area contributed by atoms with Crippen molar-refractivity contribution in [1.29, 1.82) is 0 Å². The molecule has 1 rings (SSSR count). The van der Waals surface area contributed by atoms with Crippen molar-refractivity contribution in [3.8, 4) is 0 Å². The summed E-state index contributed by atoms with van der Waals surface area (Å²) < 4.78 is 5.24. The number of carbonyl (C=O) groups is 1. The Morgan fingerprint density at radius 2 is 2.21 bits per heavy atom. The summed E-state index contributed by atoms with van der Waals surface area (Å²) in [7, 11) is 1.50. The molecule has 19 heavy (non-hydrogen) atoms. The van der Waals surface area contributed by atoms with E-state index in [9.17, 15) is 4.79 Å². The van der Waals surface area contributed by atoms with Gasteiger partial charge in [-0.3, -0.25) is 4.79 Å². The van der Waals surface area contributed by atoms with E-state index in [2.05, 4.69) is 5.32 Å². The van der Waals surface area contributed by atoms with Crippen LogP contribution < -0.4 is 11.1 Å². The van der Waals surface area contributed by atoms with E-state index in [4.69, 9.17) is 34.3 Å². The minimum absolute atomic E-state index is 0.197. The highest BCUT2D eigenvalue weighted by Crippen LogP contribution is 2.24. The maximum absolute atomic E-state index is 12.2. The maximum Gasteiger partial charge on any atom is 0.256 e. The number of carbonyl (C=O) groups excluding carboxylic acids is 1. The molecule has 3 N–H and O–H groups in total. The number of nitrogens with one attached hydrogen (secondary N) is 1. The summed E-state index contributed by atoms with van der Waals surface area (Å²) >= 11 is 10.9. The SMILES string of the molecule is CCC(C)(OC)C(=O)Nc1cc(Cl)ccc1C(N)=S. The van der Waals surface area contributed by atoms with Gasteiger partial charge in [0.15, 0.2) is 0 Å². The highest BCUT2D eigenvalue weighted by atomic mass is 35.5. The number of nitrogens with two attached hydrogens (primary N) is 1. The molecular formula is C13H17ClN2O2S. The number of rotatable bonds is 5. The first-order valence-electron chi connectivity index (χ1n) is 5.80. The molecule has 0 radical (unpaired) electrons. The Balaban J connectivity index is 3.08. The van der Waals surface area contributed by atoms with E-state index >= 15 is 0 Å². The van der Waals surface area contributed by atoms with Gasteiger partial charge in [0.2, 0.25) is 0 Å². The largest absolute Gasteiger partial charge is 0.389 e. The zero-order chi connectivity index (χ0) is 14.6. The van der Waals surface area contributed by atoms with Crippen LogP contribution >= 0.6 is 23.8 Å². The second-order valence-electron chi connectivity index (χ2n) is 4.30. The first kappa shape index (κ1) is 15.9. The van der Waals surface area contributed by atoms with Crippen LogP contribution in [0.25, 0.3) is 0 Å². The molecule has 0 spiro atoms. The molecule has 0 bridgehead atoms. The van der Waals surface area contributed by atoms with Crippen LogP contribution in [-0.2, 0) is 9.53 Å². The number of ether oxygens (including phenoxy) is 1. The lowest BCUT2D eigenvalue weighted by molar-refractivity contribution is -0.136. The Morgan fingerprint density at radius 3 is 2.68 bits per heavy atom. The predicted octanol–water partition coefficient (Wildman–Crippen LogP) is 2.73. The van der Waals surface area contributed by atoms with Gasteiger partial charge < -0.3 is 15.8 Å². The molecule has 1 aromatic rings. The standard InChI is InChI=1S/C13H17ClN2O2S/c1-4-13(2,18-3)12(17)16-10-7-8(14)5-6-9(10)11(15)19/h5-7H,4H2,1-3H3,(H2,15,19)(H,16,17). The van der Waals surface area contributed by atoms with Crippen molar-refractivity contribution in [2.75, 3.05) is 12.4 Å². The van der Waals surface area contributed by atoms with Crippen molar-refractivity contribution >= 4 is 40.4 Å². The molecule has 1 atom stereocenters. The van der Waals surface area contributed by atoms with Gasteiger partial charge in [-0.15, -0.1) is 0 Å². The summed E-state index contributed by atoms with van der Waals surface area (Å²) in [5.74, 6) is -0.266. The molecule has 6 heteroatoms. The predicted molar refractivity (Wildman–Crippen MR) is 81.7 cm³/mol. The number of amides is 1. The number of anilines is 1. The van der Waals surface area contributed by atoms with Gasteiger partial charge in [0.25, 0.3) is 5.91 Å². The number of halogens is 1. The van der Waals surface area contributed by atoms with Crippen molar-refractivity contribution in [2.45, 2.75) is 25.9 Å². The molecule has 0 fully saturated rings. The van der Waals surface area contributed by atoms with Crippen LogP contribution in [0, 0.1) is 0 Å². The minimum atomic E-state index is -0.907. The van der Waals surface area contributed by atoms with Gasteiger partial charge in [-0.1, -0.05) is 30.7 Å².